The highest BCUT2D eigenvalue weighted by Gasteiger charge is 2.11. The second-order valence-corrected chi connectivity index (χ2v) is 4.72. The van der Waals surface area contributed by atoms with Gasteiger partial charge in [0.05, 0.1) is 4.92 Å². The fourth-order valence-corrected chi connectivity index (χ4v) is 2.26. The van der Waals surface area contributed by atoms with E-state index in [0.29, 0.717) is 16.8 Å². The predicted octanol–water partition coefficient (Wildman–Crippen LogP) is 4.11. The highest BCUT2D eigenvalue weighted by Crippen LogP contribution is 2.27. The molecule has 0 heterocycles. The zero-order valence-electron chi connectivity index (χ0n) is 10.1. The lowest BCUT2D eigenvalue weighted by Crippen LogP contribution is -1.98. The van der Waals surface area contributed by atoms with Gasteiger partial charge in [0.1, 0.15) is 12.4 Å². The second kappa shape index (κ2) is 6.51. The molecule has 0 saturated heterocycles. The quantitative estimate of drug-likeness (QED) is 0.345. The van der Waals surface area contributed by atoms with Gasteiger partial charge in [-0.3, -0.25) is 10.1 Å². The number of ether oxygens (including phenoxy) is 1. The molecular weight excluding hydrogens is 357 g/mol. The SMILES string of the molecule is O=[N+]([O-])c1ccc(OCc2ccccc2)c(CI)c1. The molecule has 0 amide bonds. The summed E-state index contributed by atoms with van der Waals surface area (Å²) in [6, 6.07) is 14.5. The van der Waals surface area contributed by atoms with Crippen LogP contribution in [0.2, 0.25) is 0 Å². The van der Waals surface area contributed by atoms with Gasteiger partial charge in [-0.25, -0.2) is 0 Å². The molecule has 0 fully saturated rings. The summed E-state index contributed by atoms with van der Waals surface area (Å²) in [6.07, 6.45) is 0. The average Bonchev–Trinajstić information content (AvgIpc) is 2.45. The number of rotatable bonds is 5. The van der Waals surface area contributed by atoms with Crippen LogP contribution in [-0.2, 0) is 11.0 Å². The Hall–Kier alpha value is -1.63. The third-order valence-corrected chi connectivity index (χ3v) is 3.46. The summed E-state index contributed by atoms with van der Waals surface area (Å²) in [5, 5.41) is 10.7. The number of hydrogen-bond acceptors (Lipinski definition) is 3. The molecule has 0 aliphatic carbocycles. The van der Waals surface area contributed by atoms with E-state index >= 15 is 0 Å². The Bertz CT molecular complexity index is 572. The van der Waals surface area contributed by atoms with Crippen molar-refractivity contribution in [2.45, 2.75) is 11.0 Å². The number of nitro groups is 1. The van der Waals surface area contributed by atoms with Gasteiger partial charge in [0.15, 0.2) is 0 Å². The number of nitrogens with zero attached hydrogens (tertiary/aromatic N) is 1. The molecule has 0 aliphatic rings. The first-order valence-corrected chi connectivity index (χ1v) is 7.23. The van der Waals surface area contributed by atoms with Crippen LogP contribution >= 0.6 is 22.6 Å². The Morgan fingerprint density at radius 3 is 2.53 bits per heavy atom. The van der Waals surface area contributed by atoms with Gasteiger partial charge >= 0.3 is 0 Å². The van der Waals surface area contributed by atoms with Crippen LogP contribution in [-0.4, -0.2) is 4.92 Å². The van der Waals surface area contributed by atoms with Crippen LogP contribution < -0.4 is 4.74 Å². The summed E-state index contributed by atoms with van der Waals surface area (Å²) in [5.41, 5.74) is 2.00. The third kappa shape index (κ3) is 3.66. The largest absolute Gasteiger partial charge is 0.489 e. The number of alkyl halides is 1. The summed E-state index contributed by atoms with van der Waals surface area (Å²) < 4.78 is 6.39. The van der Waals surface area contributed by atoms with E-state index in [9.17, 15) is 10.1 Å². The highest BCUT2D eigenvalue weighted by molar-refractivity contribution is 14.1. The summed E-state index contributed by atoms with van der Waals surface area (Å²) in [7, 11) is 0. The van der Waals surface area contributed by atoms with Crippen molar-refractivity contribution in [3.63, 3.8) is 0 Å². The van der Waals surface area contributed by atoms with Gasteiger partial charge in [0, 0.05) is 22.1 Å². The molecule has 5 heteroatoms. The van der Waals surface area contributed by atoms with Crippen molar-refractivity contribution in [3.05, 3.63) is 69.8 Å². The molecule has 2 rings (SSSR count). The van der Waals surface area contributed by atoms with Crippen molar-refractivity contribution in [1.29, 1.82) is 0 Å². The van der Waals surface area contributed by atoms with Crippen LogP contribution in [0, 0.1) is 10.1 Å². The van der Waals surface area contributed by atoms with Crippen molar-refractivity contribution in [2.75, 3.05) is 0 Å². The molecule has 2 aromatic rings. The summed E-state index contributed by atoms with van der Waals surface area (Å²) in [6.45, 7) is 0.461. The minimum Gasteiger partial charge on any atom is -0.489 e. The Balaban J connectivity index is 2.14. The smallest absolute Gasteiger partial charge is 0.270 e. The van der Waals surface area contributed by atoms with Crippen LogP contribution in [0.3, 0.4) is 0 Å². The van der Waals surface area contributed by atoms with Crippen molar-refractivity contribution in [1.82, 2.24) is 0 Å². The Morgan fingerprint density at radius 1 is 1.16 bits per heavy atom. The Morgan fingerprint density at radius 2 is 1.89 bits per heavy atom. The van der Waals surface area contributed by atoms with E-state index in [0.717, 1.165) is 11.1 Å². The van der Waals surface area contributed by atoms with Gasteiger partial charge in [-0.05, 0) is 11.6 Å². The van der Waals surface area contributed by atoms with Crippen molar-refractivity contribution in [2.24, 2.45) is 0 Å². The van der Waals surface area contributed by atoms with Gasteiger partial charge < -0.3 is 4.74 Å². The molecule has 0 aromatic heterocycles. The molecular formula is C14H12INO3. The molecule has 2 aromatic carbocycles. The normalized spacial score (nSPS) is 10.2. The maximum atomic E-state index is 10.7. The Labute approximate surface area is 124 Å². The molecule has 0 saturated carbocycles. The van der Waals surface area contributed by atoms with E-state index < -0.39 is 4.92 Å². The van der Waals surface area contributed by atoms with Crippen LogP contribution in [0.15, 0.2) is 48.5 Å². The molecule has 4 nitrogen and oxygen atoms in total. The van der Waals surface area contributed by atoms with Crippen molar-refractivity contribution < 1.29 is 9.66 Å². The highest BCUT2D eigenvalue weighted by atomic mass is 127. The van der Waals surface area contributed by atoms with E-state index in [-0.39, 0.29) is 5.69 Å². The maximum Gasteiger partial charge on any atom is 0.270 e. The van der Waals surface area contributed by atoms with Crippen molar-refractivity contribution in [3.8, 4) is 5.75 Å². The monoisotopic (exact) mass is 369 g/mol. The molecule has 19 heavy (non-hydrogen) atoms. The van der Waals surface area contributed by atoms with Crippen LogP contribution in [0.1, 0.15) is 11.1 Å². The molecule has 0 N–H and O–H groups in total. The number of hydrogen-bond donors (Lipinski definition) is 0. The molecule has 0 spiro atoms. The van der Waals surface area contributed by atoms with Crippen LogP contribution in [0.4, 0.5) is 5.69 Å². The van der Waals surface area contributed by atoms with E-state index in [4.69, 9.17) is 4.74 Å². The van der Waals surface area contributed by atoms with E-state index in [1.165, 1.54) is 6.07 Å². The van der Waals surface area contributed by atoms with E-state index in [1.807, 2.05) is 30.3 Å². The predicted molar refractivity (Wildman–Crippen MR) is 81.6 cm³/mol. The lowest BCUT2D eigenvalue weighted by molar-refractivity contribution is -0.384. The fourth-order valence-electron chi connectivity index (χ4n) is 1.66. The van der Waals surface area contributed by atoms with E-state index in [1.54, 1.807) is 12.1 Å². The van der Waals surface area contributed by atoms with E-state index in [2.05, 4.69) is 22.6 Å². The molecule has 0 atom stereocenters. The molecule has 0 bridgehead atoms. The summed E-state index contributed by atoms with van der Waals surface area (Å²) in [4.78, 5) is 10.3. The number of non-ortho nitro benzene ring substituents is 1. The average molecular weight is 369 g/mol. The summed E-state index contributed by atoms with van der Waals surface area (Å²) in [5.74, 6) is 0.698. The number of halogens is 1. The first-order valence-electron chi connectivity index (χ1n) is 5.70. The maximum absolute atomic E-state index is 10.7. The van der Waals surface area contributed by atoms with Gasteiger partial charge in [-0.1, -0.05) is 52.9 Å². The lowest BCUT2D eigenvalue weighted by atomic mass is 10.2. The summed E-state index contributed by atoms with van der Waals surface area (Å²) >= 11 is 2.17. The molecule has 0 unspecified atom stereocenters. The zero-order valence-corrected chi connectivity index (χ0v) is 12.2. The minimum absolute atomic E-state index is 0.0960. The fraction of sp³-hybridized carbons (Fsp3) is 0.143. The molecule has 0 radical (unpaired) electrons. The zero-order chi connectivity index (χ0) is 13.7. The Kier molecular flexibility index (Phi) is 4.73. The first-order chi connectivity index (χ1) is 9.20. The standard InChI is InChI=1S/C14H12INO3/c15-9-12-8-13(16(17)18)6-7-14(12)19-10-11-4-2-1-3-5-11/h1-8H,9-10H2. The van der Waals surface area contributed by atoms with Gasteiger partial charge in [-0.2, -0.15) is 0 Å². The first kappa shape index (κ1) is 13.8. The van der Waals surface area contributed by atoms with Crippen LogP contribution in [0.5, 0.6) is 5.75 Å². The van der Waals surface area contributed by atoms with Gasteiger partial charge in [0.2, 0.25) is 0 Å². The lowest BCUT2D eigenvalue weighted by Gasteiger charge is -2.09. The minimum atomic E-state index is -0.392. The van der Waals surface area contributed by atoms with Gasteiger partial charge in [-0.15, -0.1) is 0 Å². The molecule has 98 valence electrons. The van der Waals surface area contributed by atoms with Gasteiger partial charge in [0.25, 0.3) is 5.69 Å². The third-order valence-electron chi connectivity index (χ3n) is 2.64. The second-order valence-electron chi connectivity index (χ2n) is 3.96. The topological polar surface area (TPSA) is 52.4 Å². The van der Waals surface area contributed by atoms with Crippen molar-refractivity contribution >= 4 is 28.3 Å². The van der Waals surface area contributed by atoms with Crippen LogP contribution in [0.25, 0.3) is 0 Å². The molecule has 0 aliphatic heterocycles. The number of benzene rings is 2. The number of nitro benzene ring substituents is 1.